The quantitative estimate of drug-likeness (QED) is 0.896. The van der Waals surface area contributed by atoms with Gasteiger partial charge in [0.1, 0.15) is 11.6 Å². The first kappa shape index (κ1) is 15.5. The summed E-state index contributed by atoms with van der Waals surface area (Å²) in [5, 5.41) is 0. The van der Waals surface area contributed by atoms with Crippen molar-refractivity contribution in [2.75, 3.05) is 13.7 Å². The van der Waals surface area contributed by atoms with Gasteiger partial charge in [0.25, 0.3) is 5.56 Å². The molecule has 1 heterocycles. The van der Waals surface area contributed by atoms with Crippen LogP contribution in [0.3, 0.4) is 0 Å². The van der Waals surface area contributed by atoms with E-state index in [1.165, 1.54) is 0 Å². The lowest BCUT2D eigenvalue weighted by atomic mass is 9.86. The first-order valence-electron chi connectivity index (χ1n) is 7.29. The molecule has 0 fully saturated rings. The summed E-state index contributed by atoms with van der Waals surface area (Å²) < 4.78 is 6.92. The molecule has 0 spiro atoms. The Labute approximate surface area is 125 Å². The molecule has 0 aromatic carbocycles. The van der Waals surface area contributed by atoms with Crippen LogP contribution in [0.25, 0.3) is 0 Å². The summed E-state index contributed by atoms with van der Waals surface area (Å²) in [5.41, 5.74) is 6.31. The van der Waals surface area contributed by atoms with Crippen LogP contribution in [0.5, 0.6) is 0 Å². The third-order valence-corrected chi connectivity index (χ3v) is 3.84. The fourth-order valence-corrected chi connectivity index (χ4v) is 2.63. The predicted octanol–water partition coefficient (Wildman–Crippen LogP) is 1.72. The minimum Gasteiger partial charge on any atom is -0.497 e. The predicted molar refractivity (Wildman–Crippen MR) is 83.0 cm³/mol. The largest absolute Gasteiger partial charge is 0.497 e. The molecule has 0 radical (unpaired) electrons. The van der Waals surface area contributed by atoms with E-state index in [2.05, 4.69) is 24.1 Å². The third-order valence-electron chi connectivity index (χ3n) is 3.84. The van der Waals surface area contributed by atoms with Gasteiger partial charge in [-0.2, -0.15) is 0 Å². The van der Waals surface area contributed by atoms with Gasteiger partial charge in [0, 0.05) is 18.5 Å². The molecule has 0 bridgehead atoms. The van der Waals surface area contributed by atoms with Gasteiger partial charge in [-0.25, -0.2) is 4.98 Å². The minimum absolute atomic E-state index is 0.00642. The zero-order valence-electron chi connectivity index (χ0n) is 12.9. The van der Waals surface area contributed by atoms with Gasteiger partial charge in [-0.15, -0.1) is 0 Å². The highest BCUT2D eigenvalue weighted by atomic mass is 16.5. The van der Waals surface area contributed by atoms with Gasteiger partial charge in [0.2, 0.25) is 0 Å². The van der Waals surface area contributed by atoms with Gasteiger partial charge in [0.05, 0.1) is 12.8 Å². The van der Waals surface area contributed by atoms with Crippen molar-refractivity contribution < 1.29 is 4.74 Å². The Morgan fingerprint density at radius 3 is 2.81 bits per heavy atom. The van der Waals surface area contributed by atoms with Gasteiger partial charge in [-0.3, -0.25) is 9.36 Å². The molecule has 0 saturated heterocycles. The van der Waals surface area contributed by atoms with Crippen LogP contribution in [0, 0.1) is 12.8 Å². The monoisotopic (exact) mass is 289 g/mol. The number of rotatable bonds is 5. The van der Waals surface area contributed by atoms with Crippen molar-refractivity contribution in [3.8, 4) is 0 Å². The van der Waals surface area contributed by atoms with Crippen LogP contribution in [0.1, 0.15) is 30.8 Å². The fourth-order valence-electron chi connectivity index (χ4n) is 2.63. The number of aromatic nitrogens is 2. The molecule has 2 atom stereocenters. The maximum absolute atomic E-state index is 12.3. The van der Waals surface area contributed by atoms with Crippen LogP contribution < -0.4 is 11.3 Å². The van der Waals surface area contributed by atoms with Crippen LogP contribution in [0.2, 0.25) is 0 Å². The number of aryl methyl sites for hydroxylation is 1. The third kappa shape index (κ3) is 3.42. The average molecular weight is 289 g/mol. The van der Waals surface area contributed by atoms with Crippen LogP contribution in [-0.2, 0) is 11.3 Å². The SMILES string of the molecule is COC1=CC(C)C(c2cc(=O)n(CCCN)c(C)n2)C=C1. The van der Waals surface area contributed by atoms with Crippen LogP contribution >= 0.6 is 0 Å². The first-order chi connectivity index (χ1) is 10.1. The molecule has 0 amide bonds. The Kier molecular flexibility index (Phi) is 4.96. The molecule has 5 heteroatoms. The number of allylic oxidation sites excluding steroid dienone is 3. The van der Waals surface area contributed by atoms with Gasteiger partial charge in [0.15, 0.2) is 0 Å². The number of hydrogen-bond acceptors (Lipinski definition) is 4. The van der Waals surface area contributed by atoms with E-state index in [9.17, 15) is 4.79 Å². The zero-order chi connectivity index (χ0) is 15.4. The Morgan fingerprint density at radius 2 is 2.24 bits per heavy atom. The summed E-state index contributed by atoms with van der Waals surface area (Å²) in [7, 11) is 1.66. The van der Waals surface area contributed by atoms with Crippen LogP contribution in [-0.4, -0.2) is 23.2 Å². The number of nitrogens with zero attached hydrogens (tertiary/aromatic N) is 2. The van der Waals surface area contributed by atoms with E-state index >= 15 is 0 Å². The van der Waals surface area contributed by atoms with E-state index < -0.39 is 0 Å². The molecule has 2 N–H and O–H groups in total. The number of ether oxygens (including phenoxy) is 1. The summed E-state index contributed by atoms with van der Waals surface area (Å²) in [4.78, 5) is 16.9. The van der Waals surface area contributed by atoms with Gasteiger partial charge < -0.3 is 10.5 Å². The highest BCUT2D eigenvalue weighted by Crippen LogP contribution is 2.30. The molecule has 2 rings (SSSR count). The van der Waals surface area contributed by atoms with Gasteiger partial charge >= 0.3 is 0 Å². The zero-order valence-corrected chi connectivity index (χ0v) is 12.9. The second-order valence-corrected chi connectivity index (χ2v) is 5.38. The van der Waals surface area contributed by atoms with E-state index in [-0.39, 0.29) is 17.4 Å². The maximum atomic E-state index is 12.3. The number of nitrogens with two attached hydrogens (primary N) is 1. The lowest BCUT2D eigenvalue weighted by Gasteiger charge is -2.22. The van der Waals surface area contributed by atoms with Gasteiger partial charge in [-0.1, -0.05) is 13.0 Å². The van der Waals surface area contributed by atoms with Crippen molar-refractivity contribution in [2.45, 2.75) is 32.7 Å². The van der Waals surface area contributed by atoms with Crippen molar-refractivity contribution in [2.24, 2.45) is 11.7 Å². The minimum atomic E-state index is -0.00642. The van der Waals surface area contributed by atoms with Crippen molar-refractivity contribution in [1.29, 1.82) is 0 Å². The summed E-state index contributed by atoms with van der Waals surface area (Å²) in [6.07, 6.45) is 6.82. The molecular formula is C16H23N3O2. The molecular weight excluding hydrogens is 266 g/mol. The normalized spacial score (nSPS) is 21.2. The molecule has 0 saturated carbocycles. The Hall–Kier alpha value is -1.88. The highest BCUT2D eigenvalue weighted by molar-refractivity contribution is 5.28. The second-order valence-electron chi connectivity index (χ2n) is 5.38. The number of methoxy groups -OCH3 is 1. The van der Waals surface area contributed by atoms with Crippen molar-refractivity contribution in [3.05, 3.63) is 51.9 Å². The Bertz CT molecular complexity index is 616. The molecule has 2 unspecified atom stereocenters. The highest BCUT2D eigenvalue weighted by Gasteiger charge is 2.21. The van der Waals surface area contributed by atoms with Crippen molar-refractivity contribution in [1.82, 2.24) is 9.55 Å². The molecule has 1 aliphatic carbocycles. The summed E-state index contributed by atoms with van der Waals surface area (Å²) in [5.74, 6) is 1.95. The summed E-state index contributed by atoms with van der Waals surface area (Å²) in [6, 6.07) is 1.64. The molecule has 114 valence electrons. The number of hydrogen-bond donors (Lipinski definition) is 1. The molecule has 1 aliphatic rings. The van der Waals surface area contributed by atoms with Crippen molar-refractivity contribution in [3.63, 3.8) is 0 Å². The fraction of sp³-hybridized carbons (Fsp3) is 0.500. The van der Waals surface area contributed by atoms with Crippen LogP contribution in [0.4, 0.5) is 0 Å². The average Bonchev–Trinajstić information content (AvgIpc) is 2.46. The topological polar surface area (TPSA) is 70.1 Å². The van der Waals surface area contributed by atoms with E-state index in [1.807, 2.05) is 13.0 Å². The van der Waals surface area contributed by atoms with E-state index in [0.717, 1.165) is 23.7 Å². The van der Waals surface area contributed by atoms with E-state index in [0.29, 0.717) is 13.1 Å². The second kappa shape index (κ2) is 6.72. The summed E-state index contributed by atoms with van der Waals surface area (Å²) >= 11 is 0. The van der Waals surface area contributed by atoms with E-state index in [4.69, 9.17) is 10.5 Å². The molecule has 0 aliphatic heterocycles. The standard InChI is InChI=1S/C16H23N3O2/c1-11-9-13(21-3)5-6-14(11)15-10-16(20)19(8-4-7-17)12(2)18-15/h5-6,9-11,14H,4,7-8,17H2,1-3H3. The Balaban J connectivity index is 2.29. The molecule has 1 aromatic rings. The molecule has 1 aromatic heterocycles. The lowest BCUT2D eigenvalue weighted by molar-refractivity contribution is 0.298. The van der Waals surface area contributed by atoms with Gasteiger partial charge in [-0.05, 0) is 38.0 Å². The summed E-state index contributed by atoms with van der Waals surface area (Å²) in [6.45, 7) is 5.16. The Morgan fingerprint density at radius 1 is 1.48 bits per heavy atom. The smallest absolute Gasteiger partial charge is 0.253 e. The van der Waals surface area contributed by atoms with Crippen molar-refractivity contribution >= 4 is 0 Å². The first-order valence-corrected chi connectivity index (χ1v) is 7.29. The molecule has 5 nitrogen and oxygen atoms in total. The molecule has 21 heavy (non-hydrogen) atoms. The maximum Gasteiger partial charge on any atom is 0.253 e. The lowest BCUT2D eigenvalue weighted by Crippen LogP contribution is -2.26. The van der Waals surface area contributed by atoms with E-state index in [1.54, 1.807) is 17.7 Å². The van der Waals surface area contributed by atoms with Crippen LogP contribution in [0.15, 0.2) is 34.8 Å².